The fourth-order valence-electron chi connectivity index (χ4n) is 2.28. The summed E-state index contributed by atoms with van der Waals surface area (Å²) in [5, 5.41) is 21.8. The summed E-state index contributed by atoms with van der Waals surface area (Å²) in [6.45, 7) is 2.53. The summed E-state index contributed by atoms with van der Waals surface area (Å²) >= 11 is 0. The zero-order valence-electron chi connectivity index (χ0n) is 9.81. The lowest BCUT2D eigenvalue weighted by atomic mass is 9.98. The molecule has 0 aromatic heterocycles. The van der Waals surface area contributed by atoms with Crippen LogP contribution in [0.25, 0.3) is 0 Å². The van der Waals surface area contributed by atoms with Crippen molar-refractivity contribution in [3.63, 3.8) is 0 Å². The maximum absolute atomic E-state index is 10.9. The van der Waals surface area contributed by atoms with Crippen LogP contribution in [0.5, 0.6) is 5.75 Å². The molecule has 1 aliphatic rings. The normalized spacial score (nSPS) is 23.8. The van der Waals surface area contributed by atoms with Gasteiger partial charge in [-0.25, -0.2) is 0 Å². The van der Waals surface area contributed by atoms with E-state index >= 15 is 0 Å². The summed E-state index contributed by atoms with van der Waals surface area (Å²) in [4.78, 5) is 10.9. The third kappa shape index (κ3) is 2.58. The van der Waals surface area contributed by atoms with Gasteiger partial charge in [0.25, 0.3) is 0 Å². The molecule has 2 rings (SSSR count). The molecule has 0 spiro atoms. The van der Waals surface area contributed by atoms with Crippen molar-refractivity contribution in [2.45, 2.75) is 25.8 Å². The Morgan fingerprint density at radius 3 is 2.82 bits per heavy atom. The molecule has 1 fully saturated rings. The van der Waals surface area contributed by atoms with Crippen LogP contribution >= 0.6 is 0 Å². The highest BCUT2D eigenvalue weighted by Gasteiger charge is 2.30. The molecule has 1 aromatic rings. The van der Waals surface area contributed by atoms with Crippen molar-refractivity contribution in [1.29, 1.82) is 0 Å². The Balaban J connectivity index is 2.18. The summed E-state index contributed by atoms with van der Waals surface area (Å²) < 4.78 is 0. The van der Waals surface area contributed by atoms with Crippen LogP contribution in [0.2, 0.25) is 0 Å². The first kappa shape index (κ1) is 11.9. The number of carboxylic acid groups (broad SMARTS) is 1. The monoisotopic (exact) mass is 235 g/mol. The van der Waals surface area contributed by atoms with Gasteiger partial charge in [-0.1, -0.05) is 13.0 Å². The number of phenols is 1. The van der Waals surface area contributed by atoms with Gasteiger partial charge in [-0.05, 0) is 36.1 Å². The van der Waals surface area contributed by atoms with E-state index in [0.29, 0.717) is 13.0 Å². The lowest BCUT2D eigenvalue weighted by Crippen LogP contribution is -2.17. The van der Waals surface area contributed by atoms with E-state index in [1.54, 1.807) is 12.1 Å². The van der Waals surface area contributed by atoms with Gasteiger partial charge in [-0.3, -0.25) is 4.79 Å². The minimum atomic E-state index is -0.754. The van der Waals surface area contributed by atoms with Gasteiger partial charge in [0.15, 0.2) is 0 Å². The van der Waals surface area contributed by atoms with Crippen molar-refractivity contribution >= 4 is 5.97 Å². The highest BCUT2D eigenvalue weighted by atomic mass is 16.4. The summed E-state index contributed by atoms with van der Waals surface area (Å²) in [6, 6.07) is 5.52. The number of rotatable bonds is 3. The number of carboxylic acids is 1. The SMILES string of the molecule is CCc1cc(O)cc(C2CC(C(=O)O)CN2)c1. The predicted octanol–water partition coefficient (Wildman–Crippen LogP) is 1.69. The van der Waals surface area contributed by atoms with E-state index in [4.69, 9.17) is 5.11 Å². The first-order chi connectivity index (χ1) is 8.10. The number of nitrogens with one attached hydrogen (secondary N) is 1. The molecule has 1 heterocycles. The lowest BCUT2D eigenvalue weighted by molar-refractivity contribution is -0.141. The van der Waals surface area contributed by atoms with Gasteiger partial charge < -0.3 is 15.5 Å². The van der Waals surface area contributed by atoms with E-state index in [9.17, 15) is 9.90 Å². The van der Waals surface area contributed by atoms with Gasteiger partial charge in [0, 0.05) is 12.6 Å². The van der Waals surface area contributed by atoms with Crippen LogP contribution in [0.3, 0.4) is 0 Å². The van der Waals surface area contributed by atoms with E-state index < -0.39 is 5.97 Å². The molecule has 1 aliphatic heterocycles. The fourth-order valence-corrected chi connectivity index (χ4v) is 2.28. The van der Waals surface area contributed by atoms with Crippen LogP contribution in [0.4, 0.5) is 0 Å². The maximum Gasteiger partial charge on any atom is 0.307 e. The minimum absolute atomic E-state index is 0.0356. The molecule has 17 heavy (non-hydrogen) atoms. The number of hydrogen-bond donors (Lipinski definition) is 3. The van der Waals surface area contributed by atoms with Gasteiger partial charge in [-0.2, -0.15) is 0 Å². The summed E-state index contributed by atoms with van der Waals surface area (Å²) in [7, 11) is 0. The number of phenolic OH excluding ortho intramolecular Hbond substituents is 1. The highest BCUT2D eigenvalue weighted by Crippen LogP contribution is 2.30. The maximum atomic E-state index is 10.9. The number of benzene rings is 1. The molecule has 0 saturated carbocycles. The van der Waals surface area contributed by atoms with E-state index in [-0.39, 0.29) is 17.7 Å². The molecule has 92 valence electrons. The fraction of sp³-hybridized carbons (Fsp3) is 0.462. The zero-order chi connectivity index (χ0) is 12.4. The van der Waals surface area contributed by atoms with Crippen LogP contribution in [0.15, 0.2) is 18.2 Å². The van der Waals surface area contributed by atoms with Crippen molar-refractivity contribution in [2.24, 2.45) is 5.92 Å². The Hall–Kier alpha value is -1.55. The van der Waals surface area contributed by atoms with Gasteiger partial charge in [0.2, 0.25) is 0 Å². The Morgan fingerprint density at radius 2 is 2.24 bits per heavy atom. The molecule has 2 atom stereocenters. The smallest absolute Gasteiger partial charge is 0.307 e. The van der Waals surface area contributed by atoms with Crippen LogP contribution < -0.4 is 5.32 Å². The van der Waals surface area contributed by atoms with Crippen molar-refractivity contribution in [3.8, 4) is 5.75 Å². The van der Waals surface area contributed by atoms with Gasteiger partial charge in [-0.15, -0.1) is 0 Å². The quantitative estimate of drug-likeness (QED) is 0.745. The van der Waals surface area contributed by atoms with Crippen LogP contribution in [0.1, 0.15) is 30.5 Å². The van der Waals surface area contributed by atoms with Gasteiger partial charge in [0.05, 0.1) is 5.92 Å². The second-order valence-corrected chi connectivity index (χ2v) is 4.52. The van der Waals surface area contributed by atoms with Gasteiger partial charge in [0.1, 0.15) is 5.75 Å². The molecule has 0 bridgehead atoms. The third-order valence-electron chi connectivity index (χ3n) is 3.29. The van der Waals surface area contributed by atoms with Crippen molar-refractivity contribution < 1.29 is 15.0 Å². The number of aromatic hydroxyl groups is 1. The standard InChI is InChI=1S/C13H17NO3/c1-2-8-3-9(5-11(15)4-8)12-6-10(7-14-12)13(16)17/h3-5,10,12,14-15H,2,6-7H2,1H3,(H,16,17). The molecule has 3 N–H and O–H groups in total. The average Bonchev–Trinajstić information content (AvgIpc) is 2.77. The van der Waals surface area contributed by atoms with Crippen LogP contribution in [0, 0.1) is 5.92 Å². The van der Waals surface area contributed by atoms with E-state index in [2.05, 4.69) is 5.32 Å². The molecular formula is C13H17NO3. The number of aliphatic carboxylic acids is 1. The zero-order valence-corrected chi connectivity index (χ0v) is 9.81. The van der Waals surface area contributed by atoms with E-state index in [1.165, 1.54) is 0 Å². The summed E-state index contributed by atoms with van der Waals surface area (Å²) in [5.41, 5.74) is 2.05. The highest BCUT2D eigenvalue weighted by molar-refractivity contribution is 5.70. The first-order valence-electron chi connectivity index (χ1n) is 5.89. The second kappa shape index (κ2) is 4.75. The Morgan fingerprint density at radius 1 is 1.47 bits per heavy atom. The van der Waals surface area contributed by atoms with Crippen molar-refractivity contribution in [2.75, 3.05) is 6.54 Å². The van der Waals surface area contributed by atoms with Crippen LogP contribution in [-0.2, 0) is 11.2 Å². The molecule has 0 radical (unpaired) electrons. The Labute approximate surface area is 100 Å². The summed E-state index contributed by atoms with van der Waals surface area (Å²) in [5.74, 6) is -0.830. The second-order valence-electron chi connectivity index (χ2n) is 4.52. The lowest BCUT2D eigenvalue weighted by Gasteiger charge is -2.12. The number of carbonyl (C=O) groups is 1. The molecule has 0 amide bonds. The molecular weight excluding hydrogens is 218 g/mol. The largest absolute Gasteiger partial charge is 0.508 e. The molecule has 1 saturated heterocycles. The number of aryl methyl sites for hydroxylation is 1. The minimum Gasteiger partial charge on any atom is -0.508 e. The van der Waals surface area contributed by atoms with E-state index in [1.807, 2.05) is 13.0 Å². The molecule has 4 heteroatoms. The molecule has 1 aromatic carbocycles. The summed E-state index contributed by atoms with van der Waals surface area (Å²) in [6.07, 6.45) is 1.44. The molecule has 4 nitrogen and oxygen atoms in total. The van der Waals surface area contributed by atoms with Crippen molar-refractivity contribution in [1.82, 2.24) is 5.32 Å². The van der Waals surface area contributed by atoms with Crippen molar-refractivity contribution in [3.05, 3.63) is 29.3 Å². The first-order valence-corrected chi connectivity index (χ1v) is 5.89. The van der Waals surface area contributed by atoms with E-state index in [0.717, 1.165) is 17.5 Å². The molecule has 2 unspecified atom stereocenters. The van der Waals surface area contributed by atoms with Crippen LogP contribution in [-0.4, -0.2) is 22.7 Å². The number of hydrogen-bond acceptors (Lipinski definition) is 3. The third-order valence-corrected chi connectivity index (χ3v) is 3.29. The molecule has 0 aliphatic carbocycles. The topological polar surface area (TPSA) is 69.6 Å². The van der Waals surface area contributed by atoms with Gasteiger partial charge >= 0.3 is 5.97 Å². The Kier molecular flexibility index (Phi) is 3.33. The Bertz CT molecular complexity index is 431. The average molecular weight is 235 g/mol. The predicted molar refractivity (Wildman–Crippen MR) is 64.0 cm³/mol.